The van der Waals surface area contributed by atoms with E-state index in [4.69, 9.17) is 5.73 Å². The smallest absolute Gasteiger partial charge is 0.426 e. The molecule has 0 radical (unpaired) electrons. The molecule has 4 N–H and O–H groups in total. The highest BCUT2D eigenvalue weighted by molar-refractivity contribution is 6.43. The Hall–Kier alpha value is -0.585. The van der Waals surface area contributed by atoms with Crippen LogP contribution < -0.4 is 5.73 Å². The minimum atomic E-state index is -1.44. The average molecular weight is 226 g/mol. The molecule has 16 heavy (non-hydrogen) atoms. The Morgan fingerprint density at radius 2 is 2.00 bits per heavy atom. The largest absolute Gasteiger partial charge is 0.475 e. The molecule has 0 bridgehead atoms. The van der Waals surface area contributed by atoms with Crippen molar-refractivity contribution in [2.24, 2.45) is 11.7 Å². The van der Waals surface area contributed by atoms with Gasteiger partial charge in [-0.05, 0) is 31.6 Å². The second-order valence-corrected chi connectivity index (χ2v) is 4.87. The van der Waals surface area contributed by atoms with Gasteiger partial charge in [0.2, 0.25) is 5.91 Å². The van der Waals surface area contributed by atoms with E-state index in [1.54, 1.807) is 4.90 Å². The third kappa shape index (κ3) is 2.10. The first kappa shape index (κ1) is 11.9. The first-order valence-corrected chi connectivity index (χ1v) is 6.03. The third-order valence-corrected chi connectivity index (χ3v) is 3.87. The molecule has 2 aliphatic rings. The first-order chi connectivity index (χ1) is 7.61. The normalized spacial score (nSPS) is 27.7. The van der Waals surface area contributed by atoms with E-state index in [0.29, 0.717) is 18.9 Å². The number of likely N-dealkylation sites (tertiary alicyclic amines) is 1. The number of nitrogens with two attached hydrogens (primary N) is 1. The maximum Gasteiger partial charge on any atom is 0.475 e. The van der Waals surface area contributed by atoms with E-state index in [2.05, 4.69) is 0 Å². The lowest BCUT2D eigenvalue weighted by Crippen LogP contribution is -2.54. The fraction of sp³-hybridized carbons (Fsp3) is 0.900. The number of carbonyl (C=O) groups excluding carboxylic acids is 1. The number of hydrogen-bond donors (Lipinski definition) is 3. The summed E-state index contributed by atoms with van der Waals surface area (Å²) in [5, 5.41) is 18.4. The van der Waals surface area contributed by atoms with Crippen molar-refractivity contribution in [3.8, 4) is 0 Å². The molecular formula is C10H19BN2O3. The van der Waals surface area contributed by atoms with Crippen LogP contribution in [0.5, 0.6) is 0 Å². The van der Waals surface area contributed by atoms with Crippen molar-refractivity contribution < 1.29 is 14.8 Å². The lowest BCUT2D eigenvalue weighted by atomic mass is 9.76. The summed E-state index contributed by atoms with van der Waals surface area (Å²) in [6, 6.07) is -0.451. The highest BCUT2D eigenvalue weighted by Crippen LogP contribution is 2.30. The lowest BCUT2D eigenvalue weighted by Gasteiger charge is -2.34. The van der Waals surface area contributed by atoms with Gasteiger partial charge in [-0.15, -0.1) is 0 Å². The van der Waals surface area contributed by atoms with E-state index in [1.165, 1.54) is 0 Å². The predicted octanol–water partition coefficient (Wildman–Crippen LogP) is -0.883. The molecule has 1 heterocycles. The van der Waals surface area contributed by atoms with Crippen molar-refractivity contribution in [3.05, 3.63) is 0 Å². The van der Waals surface area contributed by atoms with Gasteiger partial charge in [-0.1, -0.05) is 6.42 Å². The molecule has 0 aromatic carbocycles. The van der Waals surface area contributed by atoms with Crippen LogP contribution >= 0.6 is 0 Å². The second-order valence-electron chi connectivity index (χ2n) is 4.87. The number of rotatable bonds is 3. The summed E-state index contributed by atoms with van der Waals surface area (Å²) in [5.74, 6) is -0.275. The molecule has 2 atom stereocenters. The summed E-state index contributed by atoms with van der Waals surface area (Å²) < 4.78 is 0. The van der Waals surface area contributed by atoms with E-state index in [0.717, 1.165) is 25.7 Å². The van der Waals surface area contributed by atoms with Crippen LogP contribution in [-0.4, -0.2) is 46.5 Å². The quantitative estimate of drug-likeness (QED) is 0.545. The van der Waals surface area contributed by atoms with Gasteiger partial charge >= 0.3 is 7.12 Å². The second kappa shape index (κ2) is 4.73. The molecule has 0 unspecified atom stereocenters. The standard InChI is InChI=1S/C10H19BN2O3/c12-9(7-3-1-4-7)10(14)13-6-2-5-8(13)11(15)16/h7-9,15-16H,1-6,12H2/t8-,9-/m0/s1. The van der Waals surface area contributed by atoms with Crippen molar-refractivity contribution in [1.29, 1.82) is 0 Å². The van der Waals surface area contributed by atoms with Crippen LogP contribution in [0.1, 0.15) is 32.1 Å². The van der Waals surface area contributed by atoms with Crippen molar-refractivity contribution in [2.45, 2.75) is 44.1 Å². The number of carbonyl (C=O) groups is 1. The Morgan fingerprint density at radius 1 is 1.31 bits per heavy atom. The summed E-state index contributed by atoms with van der Waals surface area (Å²) in [7, 11) is -1.44. The average Bonchev–Trinajstić information content (AvgIpc) is 2.61. The fourth-order valence-electron chi connectivity index (χ4n) is 2.57. The molecule has 1 amide bonds. The van der Waals surface area contributed by atoms with Crippen molar-refractivity contribution in [2.75, 3.05) is 6.54 Å². The zero-order valence-corrected chi connectivity index (χ0v) is 9.38. The van der Waals surface area contributed by atoms with Crippen LogP contribution in [0, 0.1) is 5.92 Å². The molecular weight excluding hydrogens is 207 g/mol. The van der Waals surface area contributed by atoms with E-state index < -0.39 is 19.1 Å². The molecule has 90 valence electrons. The van der Waals surface area contributed by atoms with Crippen LogP contribution in [-0.2, 0) is 4.79 Å². The molecule has 1 aliphatic heterocycles. The van der Waals surface area contributed by atoms with Crippen LogP contribution in [0.3, 0.4) is 0 Å². The van der Waals surface area contributed by atoms with E-state index in [1.807, 2.05) is 0 Å². The van der Waals surface area contributed by atoms with Gasteiger partial charge < -0.3 is 20.7 Å². The minimum Gasteiger partial charge on any atom is -0.426 e. The van der Waals surface area contributed by atoms with Crippen LogP contribution in [0.25, 0.3) is 0 Å². The SMILES string of the molecule is N[C@H](C(=O)N1CCC[C@H]1B(O)O)C1CCC1. The topological polar surface area (TPSA) is 86.8 Å². The van der Waals surface area contributed by atoms with Gasteiger partial charge in [-0.2, -0.15) is 0 Å². The maximum absolute atomic E-state index is 12.1. The minimum absolute atomic E-state index is 0.111. The van der Waals surface area contributed by atoms with Gasteiger partial charge in [0.15, 0.2) is 0 Å². The number of nitrogens with zero attached hydrogens (tertiary/aromatic N) is 1. The lowest BCUT2D eigenvalue weighted by molar-refractivity contribution is -0.134. The summed E-state index contributed by atoms with van der Waals surface area (Å²) in [5.41, 5.74) is 5.91. The zero-order valence-electron chi connectivity index (χ0n) is 9.38. The summed E-state index contributed by atoms with van der Waals surface area (Å²) in [6.07, 6.45) is 4.67. The van der Waals surface area contributed by atoms with Gasteiger partial charge in [-0.25, -0.2) is 0 Å². The third-order valence-electron chi connectivity index (χ3n) is 3.87. The zero-order chi connectivity index (χ0) is 11.7. The molecule has 2 fully saturated rings. The number of hydrogen-bond acceptors (Lipinski definition) is 4. The Bertz CT molecular complexity index is 271. The number of amides is 1. The summed E-state index contributed by atoms with van der Waals surface area (Å²) in [6.45, 7) is 0.599. The van der Waals surface area contributed by atoms with Gasteiger partial charge in [0, 0.05) is 6.54 Å². The molecule has 1 aliphatic carbocycles. The predicted molar refractivity (Wildman–Crippen MR) is 60.2 cm³/mol. The van der Waals surface area contributed by atoms with E-state index in [9.17, 15) is 14.8 Å². The molecule has 0 aromatic heterocycles. The molecule has 2 rings (SSSR count). The van der Waals surface area contributed by atoms with Crippen LogP contribution in [0.15, 0.2) is 0 Å². The molecule has 1 saturated carbocycles. The molecule has 0 aromatic rings. The van der Waals surface area contributed by atoms with Crippen molar-refractivity contribution in [1.82, 2.24) is 4.90 Å². The summed E-state index contributed by atoms with van der Waals surface area (Å²) in [4.78, 5) is 13.6. The van der Waals surface area contributed by atoms with Crippen molar-refractivity contribution in [3.63, 3.8) is 0 Å². The summed E-state index contributed by atoms with van der Waals surface area (Å²) >= 11 is 0. The highest BCUT2D eigenvalue weighted by atomic mass is 16.4. The Kier molecular flexibility index (Phi) is 3.52. The highest BCUT2D eigenvalue weighted by Gasteiger charge is 2.40. The molecule has 5 nitrogen and oxygen atoms in total. The first-order valence-electron chi connectivity index (χ1n) is 6.03. The molecule has 1 saturated heterocycles. The Balaban J connectivity index is 1.97. The molecule has 0 spiro atoms. The molecule has 6 heteroatoms. The Morgan fingerprint density at radius 3 is 2.50 bits per heavy atom. The van der Waals surface area contributed by atoms with Crippen LogP contribution in [0.2, 0.25) is 0 Å². The van der Waals surface area contributed by atoms with Crippen molar-refractivity contribution >= 4 is 13.0 Å². The van der Waals surface area contributed by atoms with Gasteiger partial charge in [-0.3, -0.25) is 4.79 Å². The fourth-order valence-corrected chi connectivity index (χ4v) is 2.57. The Labute approximate surface area is 95.8 Å². The van der Waals surface area contributed by atoms with Gasteiger partial charge in [0.1, 0.15) is 0 Å². The van der Waals surface area contributed by atoms with Crippen LogP contribution in [0.4, 0.5) is 0 Å². The van der Waals surface area contributed by atoms with E-state index >= 15 is 0 Å². The van der Waals surface area contributed by atoms with Gasteiger partial charge in [0.05, 0.1) is 12.0 Å². The van der Waals surface area contributed by atoms with E-state index in [-0.39, 0.29) is 5.91 Å². The monoisotopic (exact) mass is 226 g/mol. The maximum atomic E-state index is 12.1. The van der Waals surface area contributed by atoms with Gasteiger partial charge in [0.25, 0.3) is 0 Å².